The summed E-state index contributed by atoms with van der Waals surface area (Å²) < 4.78 is 62.0. The van der Waals surface area contributed by atoms with E-state index in [0.717, 1.165) is 12.1 Å². The van der Waals surface area contributed by atoms with Crippen molar-refractivity contribution in [3.63, 3.8) is 0 Å². The maximum absolute atomic E-state index is 14.9. The predicted molar refractivity (Wildman–Crippen MR) is 124 cm³/mol. The second kappa shape index (κ2) is 9.49. The van der Waals surface area contributed by atoms with Crippen LogP contribution in [0.1, 0.15) is 54.3 Å². The van der Waals surface area contributed by atoms with Crippen LogP contribution in [0.15, 0.2) is 29.1 Å². The molecule has 2 N–H and O–H groups in total. The number of nitrogens with zero attached hydrogens (tertiary/aromatic N) is 3. The van der Waals surface area contributed by atoms with Gasteiger partial charge in [-0.15, -0.1) is 0 Å². The molecule has 3 atom stereocenters. The fourth-order valence-electron chi connectivity index (χ4n) is 4.35. The van der Waals surface area contributed by atoms with Gasteiger partial charge in [0.15, 0.2) is 11.3 Å². The molecule has 1 fully saturated rings. The number of pyridine rings is 1. The van der Waals surface area contributed by atoms with E-state index in [0.29, 0.717) is 13.1 Å². The zero-order valence-corrected chi connectivity index (χ0v) is 20.0. The van der Waals surface area contributed by atoms with Crippen LogP contribution >= 0.6 is 0 Å². The number of hydrogen-bond donors (Lipinski definition) is 2. The zero-order valence-electron chi connectivity index (χ0n) is 20.0. The highest BCUT2D eigenvalue weighted by molar-refractivity contribution is 5.94. The van der Waals surface area contributed by atoms with Gasteiger partial charge in [-0.2, -0.15) is 13.2 Å². The number of hydrogen-bond acceptors (Lipinski definition) is 6. The number of carbonyl (C=O) groups excluding carboxylic acids is 1. The van der Waals surface area contributed by atoms with E-state index < -0.39 is 29.3 Å². The van der Waals surface area contributed by atoms with Crippen molar-refractivity contribution in [2.75, 3.05) is 18.4 Å². The molecular formula is C24H25F4N5O3. The normalized spacial score (nSPS) is 19.4. The number of H-pyrrole nitrogens is 1. The van der Waals surface area contributed by atoms with Gasteiger partial charge in [-0.05, 0) is 52.0 Å². The molecule has 1 aliphatic heterocycles. The number of ether oxygens (including phenoxy) is 1. The summed E-state index contributed by atoms with van der Waals surface area (Å²) in [6.45, 7) is 7.24. The number of aryl methyl sites for hydroxylation is 1. The Morgan fingerprint density at radius 3 is 2.47 bits per heavy atom. The van der Waals surface area contributed by atoms with Crippen LogP contribution < -0.4 is 10.9 Å². The molecule has 0 saturated carbocycles. The van der Waals surface area contributed by atoms with Crippen molar-refractivity contribution >= 4 is 22.6 Å². The Morgan fingerprint density at radius 2 is 1.86 bits per heavy atom. The average Bonchev–Trinajstić information content (AvgIpc) is 2.77. The van der Waals surface area contributed by atoms with Gasteiger partial charge >= 0.3 is 6.18 Å². The Bertz CT molecular complexity index is 1360. The summed E-state index contributed by atoms with van der Waals surface area (Å²) >= 11 is 0. The number of morpholine rings is 1. The average molecular weight is 507 g/mol. The molecule has 36 heavy (non-hydrogen) atoms. The molecular weight excluding hydrogens is 482 g/mol. The molecule has 3 heterocycles. The molecule has 2 aromatic heterocycles. The predicted octanol–water partition coefficient (Wildman–Crippen LogP) is 4.21. The fraction of sp³-hybridized carbons (Fsp3) is 0.417. The minimum atomic E-state index is -4.83. The number of aromatic amines is 1. The summed E-state index contributed by atoms with van der Waals surface area (Å²) in [4.78, 5) is 36.6. The summed E-state index contributed by atoms with van der Waals surface area (Å²) in [7, 11) is 0. The fourth-order valence-corrected chi connectivity index (χ4v) is 4.35. The first kappa shape index (κ1) is 25.5. The van der Waals surface area contributed by atoms with Gasteiger partial charge in [0.2, 0.25) is 0 Å². The number of nitrogens with one attached hydrogen (secondary N) is 2. The Labute approximate surface area is 203 Å². The van der Waals surface area contributed by atoms with Gasteiger partial charge in [-0.25, -0.2) is 14.4 Å². The molecule has 4 rings (SSSR count). The van der Waals surface area contributed by atoms with Crippen molar-refractivity contribution in [1.82, 2.24) is 19.9 Å². The number of rotatable bonds is 4. The molecule has 0 spiro atoms. The highest BCUT2D eigenvalue weighted by Crippen LogP contribution is 2.35. The molecule has 1 aliphatic rings. The lowest BCUT2D eigenvalue weighted by Crippen LogP contribution is -2.48. The molecule has 1 unspecified atom stereocenters. The van der Waals surface area contributed by atoms with Crippen molar-refractivity contribution in [1.29, 1.82) is 0 Å². The highest BCUT2D eigenvalue weighted by atomic mass is 19.4. The maximum atomic E-state index is 14.9. The van der Waals surface area contributed by atoms with E-state index in [1.807, 2.05) is 13.8 Å². The minimum Gasteiger partial charge on any atom is -0.376 e. The Kier molecular flexibility index (Phi) is 6.74. The number of anilines is 1. The van der Waals surface area contributed by atoms with Crippen molar-refractivity contribution in [3.05, 3.63) is 63.1 Å². The van der Waals surface area contributed by atoms with E-state index in [2.05, 4.69) is 20.3 Å². The van der Waals surface area contributed by atoms with Crippen molar-refractivity contribution < 1.29 is 27.1 Å². The van der Waals surface area contributed by atoms with Crippen molar-refractivity contribution in [2.24, 2.45) is 0 Å². The van der Waals surface area contributed by atoms with Crippen LogP contribution in [0.25, 0.3) is 11.0 Å². The third-order valence-electron chi connectivity index (χ3n) is 5.87. The zero-order chi connectivity index (χ0) is 26.4. The second-order valence-electron chi connectivity index (χ2n) is 8.97. The first-order valence-corrected chi connectivity index (χ1v) is 11.3. The van der Waals surface area contributed by atoms with E-state index in [9.17, 15) is 27.2 Å². The molecule has 0 aliphatic carbocycles. The summed E-state index contributed by atoms with van der Waals surface area (Å²) in [5.74, 6) is -1.04. The molecule has 8 nitrogen and oxygen atoms in total. The molecule has 0 bridgehead atoms. The van der Waals surface area contributed by atoms with Crippen LogP contribution in [0, 0.1) is 12.7 Å². The first-order chi connectivity index (χ1) is 16.8. The summed E-state index contributed by atoms with van der Waals surface area (Å²) in [5.41, 5.74) is -2.53. The second-order valence-corrected chi connectivity index (χ2v) is 8.97. The molecule has 1 saturated heterocycles. The monoisotopic (exact) mass is 507 g/mol. The van der Waals surface area contributed by atoms with E-state index in [1.54, 1.807) is 4.90 Å². The van der Waals surface area contributed by atoms with E-state index in [-0.39, 0.29) is 51.8 Å². The number of halogens is 4. The first-order valence-electron chi connectivity index (χ1n) is 11.3. The number of amides is 1. The summed E-state index contributed by atoms with van der Waals surface area (Å²) in [6, 6.07) is 3.72. The van der Waals surface area contributed by atoms with Crippen LogP contribution in [0.2, 0.25) is 0 Å². The van der Waals surface area contributed by atoms with Crippen LogP contribution in [-0.2, 0) is 10.9 Å². The lowest BCUT2D eigenvalue weighted by molar-refractivity contribution is -0.141. The van der Waals surface area contributed by atoms with Crippen LogP contribution in [0.4, 0.5) is 23.2 Å². The van der Waals surface area contributed by atoms with Crippen LogP contribution in [-0.4, -0.2) is 51.1 Å². The molecule has 1 amide bonds. The van der Waals surface area contributed by atoms with E-state index in [4.69, 9.17) is 4.74 Å². The molecule has 192 valence electrons. The van der Waals surface area contributed by atoms with E-state index >= 15 is 0 Å². The van der Waals surface area contributed by atoms with Gasteiger partial charge < -0.3 is 19.9 Å². The van der Waals surface area contributed by atoms with Crippen LogP contribution in [0.5, 0.6) is 0 Å². The lowest BCUT2D eigenvalue weighted by Gasteiger charge is -2.35. The van der Waals surface area contributed by atoms with Gasteiger partial charge in [-0.3, -0.25) is 9.59 Å². The molecule has 12 heteroatoms. The van der Waals surface area contributed by atoms with Gasteiger partial charge in [0.1, 0.15) is 11.6 Å². The highest BCUT2D eigenvalue weighted by Gasteiger charge is 2.37. The number of aromatic nitrogens is 3. The van der Waals surface area contributed by atoms with Crippen molar-refractivity contribution in [3.8, 4) is 0 Å². The van der Waals surface area contributed by atoms with Gasteiger partial charge in [0.25, 0.3) is 11.5 Å². The number of carbonyl (C=O) groups is 1. The van der Waals surface area contributed by atoms with Gasteiger partial charge in [-0.1, -0.05) is 0 Å². The summed E-state index contributed by atoms with van der Waals surface area (Å²) in [6.07, 6.45) is -5.15. The SMILES string of the molecule is Cc1nc2nc(C(F)(F)F)c(C(C)Nc3ccc(C(=O)N4C[C@@H](C)O[C@@H](C)C4)cc3F)cc2c(=O)[nH]1. The van der Waals surface area contributed by atoms with Crippen molar-refractivity contribution in [2.45, 2.75) is 52.1 Å². The van der Waals surface area contributed by atoms with Crippen LogP contribution in [0.3, 0.4) is 0 Å². The maximum Gasteiger partial charge on any atom is 0.433 e. The Hall–Kier alpha value is -3.54. The number of alkyl halides is 3. The largest absolute Gasteiger partial charge is 0.433 e. The Balaban J connectivity index is 1.63. The molecule has 1 aromatic carbocycles. The van der Waals surface area contributed by atoms with Gasteiger partial charge in [0, 0.05) is 24.2 Å². The lowest BCUT2D eigenvalue weighted by atomic mass is 10.0. The number of benzene rings is 1. The topological polar surface area (TPSA) is 100 Å². The Morgan fingerprint density at radius 1 is 1.19 bits per heavy atom. The van der Waals surface area contributed by atoms with E-state index in [1.165, 1.54) is 26.0 Å². The minimum absolute atomic E-state index is 0.105. The quantitative estimate of drug-likeness (QED) is 0.514. The third kappa shape index (κ3) is 5.18. The molecule has 0 radical (unpaired) electrons. The summed E-state index contributed by atoms with van der Waals surface area (Å²) in [5, 5.41) is 2.58. The third-order valence-corrected chi connectivity index (χ3v) is 5.87. The standard InChI is InChI=1S/C24H25F4N5O3/c1-11-9-33(10-12(2)36-11)23(35)15-5-6-19(18(25)7-15)29-13(3)16-8-17-21(30-14(4)31-22(17)34)32-20(16)24(26,27)28/h5-8,11-13,29H,9-10H2,1-4H3,(H,30,31,32,34)/t11-,12+,13?. The number of fused-ring (bicyclic) bond motifs is 1. The van der Waals surface area contributed by atoms with Gasteiger partial charge in [0.05, 0.1) is 29.3 Å². The molecule has 3 aromatic rings. The smallest absolute Gasteiger partial charge is 0.376 e.